The van der Waals surface area contributed by atoms with Gasteiger partial charge in [-0.3, -0.25) is 19.8 Å². The zero-order valence-corrected chi connectivity index (χ0v) is 19.0. The first-order valence-electron chi connectivity index (χ1n) is 11.3. The molecular formula is C26H33N3O3. The number of hydrogen-bond acceptors (Lipinski definition) is 5. The van der Waals surface area contributed by atoms with Gasteiger partial charge in [-0.2, -0.15) is 0 Å². The van der Waals surface area contributed by atoms with Crippen molar-refractivity contribution >= 4 is 11.5 Å². The van der Waals surface area contributed by atoms with Gasteiger partial charge in [0.15, 0.2) is 0 Å². The third kappa shape index (κ3) is 5.45. The van der Waals surface area contributed by atoms with E-state index >= 15 is 0 Å². The van der Waals surface area contributed by atoms with Gasteiger partial charge < -0.3 is 4.74 Å². The highest BCUT2D eigenvalue weighted by atomic mass is 16.5. The predicted octanol–water partition coefficient (Wildman–Crippen LogP) is 3.71. The van der Waals surface area contributed by atoms with E-state index in [4.69, 9.17) is 9.94 Å². The van der Waals surface area contributed by atoms with Gasteiger partial charge in [0.2, 0.25) is 0 Å². The molecule has 2 aliphatic rings. The van der Waals surface area contributed by atoms with Gasteiger partial charge >= 0.3 is 0 Å². The molecular weight excluding hydrogens is 402 g/mol. The minimum Gasteiger partial charge on any atom is -0.377 e. The Morgan fingerprint density at radius 3 is 2.59 bits per heavy atom. The summed E-state index contributed by atoms with van der Waals surface area (Å²) < 4.78 is 5.45. The first kappa shape index (κ1) is 22.7. The number of ether oxygens (including phenoxy) is 1. The van der Waals surface area contributed by atoms with Crippen molar-refractivity contribution < 1.29 is 14.7 Å². The molecule has 4 rings (SSSR count). The fourth-order valence-corrected chi connectivity index (χ4v) is 4.68. The highest BCUT2D eigenvalue weighted by Gasteiger charge is 2.33. The monoisotopic (exact) mass is 435 g/mol. The number of carbonyl (C=O) groups is 1. The average Bonchev–Trinajstić information content (AvgIpc) is 2.81. The number of nitrogens with zero attached hydrogens (tertiary/aromatic N) is 2. The first-order chi connectivity index (χ1) is 15.4. The van der Waals surface area contributed by atoms with E-state index in [-0.39, 0.29) is 5.54 Å². The van der Waals surface area contributed by atoms with Crippen LogP contribution in [-0.2, 0) is 17.8 Å². The van der Waals surface area contributed by atoms with Crippen molar-refractivity contribution in [1.29, 1.82) is 0 Å². The summed E-state index contributed by atoms with van der Waals surface area (Å²) in [4.78, 5) is 16.6. The summed E-state index contributed by atoms with van der Waals surface area (Å²) in [5, 5.41) is 8.78. The second-order valence-corrected chi connectivity index (χ2v) is 9.34. The molecule has 0 spiro atoms. The van der Waals surface area contributed by atoms with Crippen molar-refractivity contribution in [2.45, 2.75) is 38.9 Å². The van der Waals surface area contributed by atoms with Gasteiger partial charge in [0.25, 0.3) is 5.91 Å². The normalized spacial score (nSPS) is 19.4. The quantitative estimate of drug-likeness (QED) is 0.535. The van der Waals surface area contributed by atoms with Crippen LogP contribution in [0.25, 0.3) is 5.57 Å². The van der Waals surface area contributed by atoms with Crippen LogP contribution in [0.3, 0.4) is 0 Å². The predicted molar refractivity (Wildman–Crippen MR) is 125 cm³/mol. The van der Waals surface area contributed by atoms with Crippen molar-refractivity contribution in [1.82, 2.24) is 15.3 Å². The Morgan fingerprint density at radius 1 is 1.09 bits per heavy atom. The number of hydrogen-bond donors (Lipinski definition) is 2. The minimum absolute atomic E-state index is 0.0419. The summed E-state index contributed by atoms with van der Waals surface area (Å²) in [5.74, 6) is -0.484. The summed E-state index contributed by atoms with van der Waals surface area (Å²) in [7, 11) is 0. The molecule has 0 saturated carbocycles. The number of carbonyl (C=O) groups excluding carboxylic acids is 1. The number of rotatable bonds is 6. The fraction of sp³-hybridized carbons (Fsp3) is 0.423. The number of hydroxylamine groups is 1. The molecule has 0 unspecified atom stereocenters. The maximum absolute atomic E-state index is 11.5. The lowest BCUT2D eigenvalue weighted by Crippen LogP contribution is -2.58. The number of piperazine rings is 1. The van der Waals surface area contributed by atoms with E-state index in [2.05, 4.69) is 54.0 Å². The maximum Gasteiger partial charge on any atom is 0.274 e. The third-order valence-electron chi connectivity index (χ3n) is 6.51. The van der Waals surface area contributed by atoms with E-state index in [1.807, 2.05) is 12.1 Å². The van der Waals surface area contributed by atoms with Crippen molar-refractivity contribution in [3.05, 3.63) is 76.9 Å². The van der Waals surface area contributed by atoms with Gasteiger partial charge in [-0.15, -0.1) is 0 Å². The second kappa shape index (κ2) is 9.96. The molecule has 1 saturated heterocycles. The molecule has 0 aromatic heterocycles. The standard InChI is InChI=1S/C26H33N3O3/c1-26(2)19-28(17-21-4-3-5-24(16-21)22-10-14-32-15-11-22)12-13-29(26)18-20-6-8-23(9-7-20)25(30)27-31/h3-10,16,31H,11-15,17-19H2,1-2H3,(H,27,30). The van der Waals surface area contributed by atoms with E-state index < -0.39 is 5.91 Å². The zero-order valence-electron chi connectivity index (χ0n) is 19.0. The summed E-state index contributed by atoms with van der Waals surface area (Å²) in [6, 6.07) is 16.4. The minimum atomic E-state index is -0.484. The third-order valence-corrected chi connectivity index (χ3v) is 6.51. The molecule has 2 heterocycles. The van der Waals surface area contributed by atoms with Gasteiger partial charge in [0.05, 0.1) is 13.2 Å². The van der Waals surface area contributed by atoms with Crippen molar-refractivity contribution in [3.63, 3.8) is 0 Å². The van der Waals surface area contributed by atoms with Crippen LogP contribution in [0, 0.1) is 0 Å². The van der Waals surface area contributed by atoms with E-state index in [1.165, 1.54) is 22.3 Å². The van der Waals surface area contributed by atoms with Crippen LogP contribution in [0.1, 0.15) is 47.3 Å². The Bertz CT molecular complexity index is 969. The summed E-state index contributed by atoms with van der Waals surface area (Å²) in [5.41, 5.74) is 7.42. The van der Waals surface area contributed by atoms with Gasteiger partial charge in [-0.1, -0.05) is 42.5 Å². The topological polar surface area (TPSA) is 65.0 Å². The molecule has 0 aliphatic carbocycles. The second-order valence-electron chi connectivity index (χ2n) is 9.34. The molecule has 6 heteroatoms. The molecule has 170 valence electrons. The highest BCUT2D eigenvalue weighted by Crippen LogP contribution is 2.26. The molecule has 32 heavy (non-hydrogen) atoms. The summed E-state index contributed by atoms with van der Waals surface area (Å²) in [6.45, 7) is 10.9. The molecule has 0 bridgehead atoms. The Hall–Kier alpha value is -2.51. The summed E-state index contributed by atoms with van der Waals surface area (Å²) >= 11 is 0. The molecule has 1 fully saturated rings. The van der Waals surface area contributed by atoms with Crippen LogP contribution >= 0.6 is 0 Å². The van der Waals surface area contributed by atoms with Crippen LogP contribution in [0.4, 0.5) is 0 Å². The van der Waals surface area contributed by atoms with Crippen LogP contribution < -0.4 is 5.48 Å². The lowest BCUT2D eigenvalue weighted by molar-refractivity contribution is 0.0103. The largest absolute Gasteiger partial charge is 0.377 e. The summed E-state index contributed by atoms with van der Waals surface area (Å²) in [6.07, 6.45) is 3.19. The first-order valence-corrected chi connectivity index (χ1v) is 11.3. The maximum atomic E-state index is 11.5. The van der Waals surface area contributed by atoms with Crippen molar-refractivity contribution in [3.8, 4) is 0 Å². The van der Waals surface area contributed by atoms with Crippen LogP contribution in [-0.4, -0.2) is 59.3 Å². The van der Waals surface area contributed by atoms with E-state index in [0.29, 0.717) is 12.2 Å². The molecule has 2 aromatic carbocycles. The Balaban J connectivity index is 1.37. The zero-order chi connectivity index (χ0) is 22.6. The molecule has 6 nitrogen and oxygen atoms in total. The van der Waals surface area contributed by atoms with Crippen molar-refractivity contribution in [2.75, 3.05) is 32.8 Å². The smallest absolute Gasteiger partial charge is 0.274 e. The number of nitrogens with one attached hydrogen (secondary N) is 1. The van der Waals surface area contributed by atoms with Crippen LogP contribution in [0.2, 0.25) is 0 Å². The SMILES string of the molecule is CC1(C)CN(Cc2cccc(C3=CCOCC3)c2)CCN1Cc1ccc(C(=O)NO)cc1. The van der Waals surface area contributed by atoms with Gasteiger partial charge in [-0.25, -0.2) is 5.48 Å². The highest BCUT2D eigenvalue weighted by molar-refractivity contribution is 5.93. The average molecular weight is 436 g/mol. The molecule has 0 radical (unpaired) electrons. The Labute approximate surface area is 190 Å². The molecule has 0 atom stereocenters. The Morgan fingerprint density at radius 2 is 1.91 bits per heavy atom. The molecule has 1 amide bonds. The molecule has 2 aliphatic heterocycles. The van der Waals surface area contributed by atoms with E-state index in [1.54, 1.807) is 17.6 Å². The van der Waals surface area contributed by atoms with Gasteiger partial charge in [0, 0.05) is 43.8 Å². The van der Waals surface area contributed by atoms with Crippen LogP contribution in [0.5, 0.6) is 0 Å². The van der Waals surface area contributed by atoms with E-state index in [0.717, 1.165) is 45.8 Å². The Kier molecular flexibility index (Phi) is 7.06. The van der Waals surface area contributed by atoms with Gasteiger partial charge in [0.1, 0.15) is 0 Å². The number of amides is 1. The molecule has 2 N–H and O–H groups in total. The number of benzene rings is 2. The molecule has 2 aromatic rings. The van der Waals surface area contributed by atoms with Gasteiger partial charge in [-0.05, 0) is 54.7 Å². The lowest BCUT2D eigenvalue weighted by Gasteiger charge is -2.47. The van der Waals surface area contributed by atoms with Crippen molar-refractivity contribution in [2.24, 2.45) is 0 Å². The lowest BCUT2D eigenvalue weighted by atomic mass is 9.96. The van der Waals surface area contributed by atoms with E-state index in [9.17, 15) is 4.79 Å². The van der Waals surface area contributed by atoms with Crippen LogP contribution in [0.15, 0.2) is 54.6 Å². The fourth-order valence-electron chi connectivity index (χ4n) is 4.68.